The van der Waals surface area contributed by atoms with Gasteiger partial charge in [-0.1, -0.05) is 11.8 Å². The van der Waals surface area contributed by atoms with Crippen molar-refractivity contribution in [3.63, 3.8) is 0 Å². The maximum atomic E-state index is 10.5. The molecule has 11 heavy (non-hydrogen) atoms. The lowest BCUT2D eigenvalue weighted by Crippen LogP contribution is -2.33. The lowest BCUT2D eigenvalue weighted by Gasteiger charge is -2.03. The van der Waals surface area contributed by atoms with Crippen molar-refractivity contribution in [1.82, 2.24) is 0 Å². The van der Waals surface area contributed by atoms with E-state index in [1.54, 1.807) is 11.3 Å². The molecule has 1 unspecified atom stereocenters. The van der Waals surface area contributed by atoms with Gasteiger partial charge in [0.15, 0.2) is 0 Å². The third kappa shape index (κ3) is 2.53. The van der Waals surface area contributed by atoms with Gasteiger partial charge in [0, 0.05) is 10.3 Å². The topological polar surface area (TPSA) is 69.1 Å². The lowest BCUT2D eigenvalue weighted by molar-refractivity contribution is -0.117. The fourth-order valence-electron chi connectivity index (χ4n) is 0.524. The van der Waals surface area contributed by atoms with E-state index in [1.165, 1.54) is 11.8 Å². The van der Waals surface area contributed by atoms with Gasteiger partial charge < -0.3 is 11.5 Å². The summed E-state index contributed by atoms with van der Waals surface area (Å²) >= 11 is 2.84. The number of carbonyl (C=O) groups excluding carboxylic acids is 1. The van der Waals surface area contributed by atoms with Crippen LogP contribution in [0.15, 0.2) is 21.7 Å². The maximum Gasteiger partial charge on any atom is 0.245 e. The molecular formula is C6H8N2OS2. The van der Waals surface area contributed by atoms with Gasteiger partial charge in [-0.2, -0.15) is 11.3 Å². The fourth-order valence-corrected chi connectivity index (χ4v) is 2.07. The molecule has 0 aliphatic carbocycles. The van der Waals surface area contributed by atoms with E-state index in [0.717, 1.165) is 4.90 Å². The number of amides is 1. The average Bonchev–Trinajstić information content (AvgIpc) is 2.39. The van der Waals surface area contributed by atoms with Crippen molar-refractivity contribution < 1.29 is 4.79 Å². The number of carbonyl (C=O) groups is 1. The molecule has 0 saturated heterocycles. The summed E-state index contributed by atoms with van der Waals surface area (Å²) in [6, 6.07) is 1.90. The molecule has 4 N–H and O–H groups in total. The normalized spacial score (nSPS) is 12.8. The molecule has 0 spiro atoms. The van der Waals surface area contributed by atoms with Gasteiger partial charge in [-0.3, -0.25) is 4.79 Å². The highest BCUT2D eigenvalue weighted by molar-refractivity contribution is 8.00. The summed E-state index contributed by atoms with van der Waals surface area (Å²) in [6.07, 6.45) is 0. The largest absolute Gasteiger partial charge is 0.368 e. The summed E-state index contributed by atoms with van der Waals surface area (Å²) in [5.41, 5.74) is 10.4. The number of hydrogen-bond donors (Lipinski definition) is 2. The van der Waals surface area contributed by atoms with Crippen LogP contribution in [0.1, 0.15) is 0 Å². The van der Waals surface area contributed by atoms with Crippen LogP contribution in [0.5, 0.6) is 0 Å². The Morgan fingerprint density at radius 3 is 2.91 bits per heavy atom. The monoisotopic (exact) mass is 188 g/mol. The minimum absolute atomic E-state index is 0.485. The Morgan fingerprint density at radius 2 is 2.45 bits per heavy atom. The van der Waals surface area contributed by atoms with Crippen LogP contribution in [0, 0.1) is 0 Å². The van der Waals surface area contributed by atoms with Crippen LogP contribution in [0.3, 0.4) is 0 Å². The van der Waals surface area contributed by atoms with Crippen molar-refractivity contribution in [2.75, 3.05) is 0 Å². The number of thiophene rings is 1. The molecule has 0 aliphatic heterocycles. The maximum absolute atomic E-state index is 10.5. The molecule has 0 aliphatic rings. The number of rotatable bonds is 3. The third-order valence-electron chi connectivity index (χ3n) is 1.04. The molecule has 1 atom stereocenters. The molecule has 1 amide bonds. The van der Waals surface area contributed by atoms with E-state index in [4.69, 9.17) is 11.5 Å². The Morgan fingerprint density at radius 1 is 1.73 bits per heavy atom. The fraction of sp³-hybridized carbons (Fsp3) is 0.167. The first kappa shape index (κ1) is 8.58. The van der Waals surface area contributed by atoms with Crippen molar-refractivity contribution in [3.05, 3.63) is 16.8 Å². The average molecular weight is 188 g/mol. The first-order chi connectivity index (χ1) is 5.20. The molecule has 5 heteroatoms. The second-order valence-corrected chi connectivity index (χ2v) is 3.89. The Hall–Kier alpha value is -0.520. The highest BCUT2D eigenvalue weighted by Gasteiger charge is 2.10. The highest BCUT2D eigenvalue weighted by Crippen LogP contribution is 2.22. The summed E-state index contributed by atoms with van der Waals surface area (Å²) < 4.78 is 0. The van der Waals surface area contributed by atoms with Crippen LogP contribution in [-0.2, 0) is 4.79 Å². The van der Waals surface area contributed by atoms with Crippen LogP contribution >= 0.6 is 23.1 Å². The van der Waals surface area contributed by atoms with E-state index in [0.29, 0.717) is 0 Å². The molecule has 1 aromatic heterocycles. The van der Waals surface area contributed by atoms with Crippen molar-refractivity contribution >= 4 is 29.0 Å². The molecule has 3 nitrogen and oxygen atoms in total. The summed E-state index contributed by atoms with van der Waals surface area (Å²) in [6.45, 7) is 0. The minimum Gasteiger partial charge on any atom is -0.368 e. The number of hydrogen-bond acceptors (Lipinski definition) is 4. The zero-order chi connectivity index (χ0) is 8.27. The van der Waals surface area contributed by atoms with E-state index >= 15 is 0 Å². The van der Waals surface area contributed by atoms with Crippen LogP contribution in [0.4, 0.5) is 0 Å². The molecule has 0 radical (unpaired) electrons. The van der Waals surface area contributed by atoms with Crippen LogP contribution < -0.4 is 11.5 Å². The zero-order valence-corrected chi connectivity index (χ0v) is 7.32. The summed E-state index contributed by atoms with van der Waals surface area (Å²) in [5.74, 6) is -0.485. The molecule has 1 heterocycles. The molecule has 0 saturated carbocycles. The van der Waals surface area contributed by atoms with E-state index in [9.17, 15) is 4.79 Å². The standard InChI is InChI=1S/C6H8N2OS2/c7-5(9)6(8)11-4-1-2-10-3-4/h1-3,6H,8H2,(H2,7,9). The van der Waals surface area contributed by atoms with Crippen molar-refractivity contribution in [3.8, 4) is 0 Å². The minimum atomic E-state index is -0.635. The lowest BCUT2D eigenvalue weighted by atomic mass is 10.6. The van der Waals surface area contributed by atoms with E-state index in [-0.39, 0.29) is 0 Å². The van der Waals surface area contributed by atoms with Gasteiger partial charge in [0.1, 0.15) is 5.37 Å². The number of nitrogens with two attached hydrogens (primary N) is 2. The van der Waals surface area contributed by atoms with Crippen LogP contribution in [0.25, 0.3) is 0 Å². The van der Waals surface area contributed by atoms with Gasteiger partial charge in [-0.25, -0.2) is 0 Å². The first-order valence-electron chi connectivity index (χ1n) is 2.94. The van der Waals surface area contributed by atoms with Gasteiger partial charge in [0.25, 0.3) is 0 Å². The van der Waals surface area contributed by atoms with Gasteiger partial charge in [-0.15, -0.1) is 0 Å². The van der Waals surface area contributed by atoms with Gasteiger partial charge in [0.2, 0.25) is 5.91 Å². The molecule has 0 aromatic carbocycles. The van der Waals surface area contributed by atoms with E-state index in [2.05, 4.69) is 0 Å². The van der Waals surface area contributed by atoms with Crippen LogP contribution in [-0.4, -0.2) is 11.3 Å². The van der Waals surface area contributed by atoms with Gasteiger partial charge in [-0.05, 0) is 11.4 Å². The summed E-state index contributed by atoms with van der Waals surface area (Å²) in [7, 11) is 0. The second-order valence-electron chi connectivity index (χ2n) is 1.90. The van der Waals surface area contributed by atoms with Crippen molar-refractivity contribution in [1.29, 1.82) is 0 Å². The summed E-state index contributed by atoms with van der Waals surface area (Å²) in [5, 5.41) is 3.22. The summed E-state index contributed by atoms with van der Waals surface area (Å²) in [4.78, 5) is 11.5. The van der Waals surface area contributed by atoms with Crippen molar-refractivity contribution in [2.24, 2.45) is 11.5 Å². The van der Waals surface area contributed by atoms with Gasteiger partial charge >= 0.3 is 0 Å². The predicted octanol–water partition coefficient (Wildman–Crippen LogP) is 0.610. The Kier molecular flexibility index (Phi) is 2.92. The number of thioether (sulfide) groups is 1. The van der Waals surface area contributed by atoms with Crippen LogP contribution in [0.2, 0.25) is 0 Å². The molecule has 1 rings (SSSR count). The molecule has 0 bridgehead atoms. The Bertz CT molecular complexity index is 235. The van der Waals surface area contributed by atoms with Gasteiger partial charge in [0.05, 0.1) is 0 Å². The second kappa shape index (κ2) is 3.75. The van der Waals surface area contributed by atoms with Crippen molar-refractivity contribution in [2.45, 2.75) is 10.3 Å². The molecule has 1 aromatic rings. The molecular weight excluding hydrogens is 180 g/mol. The Balaban J connectivity index is 2.50. The predicted molar refractivity (Wildman–Crippen MR) is 47.3 cm³/mol. The first-order valence-corrected chi connectivity index (χ1v) is 4.76. The van der Waals surface area contributed by atoms with E-state index in [1.807, 2.05) is 16.8 Å². The zero-order valence-electron chi connectivity index (χ0n) is 5.69. The quantitative estimate of drug-likeness (QED) is 0.539. The Labute approximate surface area is 72.8 Å². The SMILES string of the molecule is NC(=O)C(N)Sc1ccsc1. The smallest absolute Gasteiger partial charge is 0.245 e. The highest BCUT2D eigenvalue weighted by atomic mass is 32.2. The number of primary amides is 1. The molecule has 0 fully saturated rings. The third-order valence-corrected chi connectivity index (χ3v) is 2.88. The van der Waals surface area contributed by atoms with E-state index < -0.39 is 11.3 Å². The molecule has 60 valence electrons.